The lowest BCUT2D eigenvalue weighted by Crippen LogP contribution is -2.52. The highest BCUT2D eigenvalue weighted by Crippen LogP contribution is 2.38. The molecule has 136 valence electrons. The molecule has 3 N–H and O–H groups in total. The Kier molecular flexibility index (Phi) is 7.07. The molecule has 8 heteroatoms. The number of hydrogen-bond acceptors (Lipinski definition) is 3. The van der Waals surface area contributed by atoms with Crippen LogP contribution in [0.25, 0.3) is 0 Å². The highest BCUT2D eigenvalue weighted by atomic mass is 35.5. The van der Waals surface area contributed by atoms with Crippen molar-refractivity contribution in [2.24, 2.45) is 5.92 Å². The summed E-state index contributed by atoms with van der Waals surface area (Å²) in [5, 5.41) is 15.6. The molecule has 4 nitrogen and oxygen atoms in total. The molecule has 1 fully saturated rings. The molecule has 1 aliphatic rings. The van der Waals surface area contributed by atoms with Crippen LogP contribution in [0, 0.1) is 5.92 Å². The zero-order valence-electron chi connectivity index (χ0n) is 13.3. The summed E-state index contributed by atoms with van der Waals surface area (Å²) in [7, 11) is 0. The average molecular weight is 367 g/mol. The number of piperidine rings is 1. The molecule has 2 rings (SSSR count). The van der Waals surface area contributed by atoms with Gasteiger partial charge in [0.2, 0.25) is 11.5 Å². The predicted octanol–water partition coefficient (Wildman–Crippen LogP) is 2.36. The molecule has 1 unspecified atom stereocenters. The lowest BCUT2D eigenvalue weighted by molar-refractivity contribution is -0.264. The Labute approximate surface area is 145 Å². The van der Waals surface area contributed by atoms with Crippen LogP contribution in [0.5, 0.6) is 0 Å². The Morgan fingerprint density at radius 2 is 1.96 bits per heavy atom. The molecule has 0 saturated carbocycles. The second kappa shape index (κ2) is 8.18. The highest BCUT2D eigenvalue weighted by Gasteiger charge is 2.55. The Balaban J connectivity index is 0.00000288. The number of nitrogens with one attached hydrogen (secondary N) is 2. The quantitative estimate of drug-likeness (QED) is 0.766. The van der Waals surface area contributed by atoms with Gasteiger partial charge in [0, 0.05) is 12.0 Å². The van der Waals surface area contributed by atoms with E-state index in [1.54, 1.807) is 6.07 Å². The van der Waals surface area contributed by atoms with Gasteiger partial charge in [-0.15, -0.1) is 12.4 Å². The zero-order chi connectivity index (χ0) is 17.1. The second-order valence-electron chi connectivity index (χ2n) is 6.02. The number of aliphatic hydroxyl groups is 1. The van der Waals surface area contributed by atoms with Gasteiger partial charge in [-0.1, -0.05) is 30.3 Å². The van der Waals surface area contributed by atoms with Gasteiger partial charge < -0.3 is 15.7 Å². The van der Waals surface area contributed by atoms with Crippen molar-refractivity contribution in [2.45, 2.75) is 37.6 Å². The highest BCUT2D eigenvalue weighted by molar-refractivity contribution is 5.85. The zero-order valence-corrected chi connectivity index (χ0v) is 14.1. The van der Waals surface area contributed by atoms with Gasteiger partial charge in [-0.3, -0.25) is 4.79 Å². The summed E-state index contributed by atoms with van der Waals surface area (Å²) in [6, 6.07) is 6.95. The first kappa shape index (κ1) is 20.7. The van der Waals surface area contributed by atoms with Crippen LogP contribution in [0.1, 0.15) is 25.3 Å². The van der Waals surface area contributed by atoms with Crippen molar-refractivity contribution in [1.29, 1.82) is 0 Å². The molecule has 1 aliphatic heterocycles. The summed E-state index contributed by atoms with van der Waals surface area (Å²) in [5.41, 5.74) is -3.38. The minimum absolute atomic E-state index is 0. The molecule has 0 spiro atoms. The monoisotopic (exact) mass is 366 g/mol. The van der Waals surface area contributed by atoms with Crippen molar-refractivity contribution in [2.75, 3.05) is 13.1 Å². The SMILES string of the molecule is C[C@H]1C[C@@H](C(=O)NCC(O)(c2ccccc2)C(F)(F)F)CCN1.Cl. The van der Waals surface area contributed by atoms with E-state index in [1.807, 2.05) is 6.92 Å². The van der Waals surface area contributed by atoms with Gasteiger partial charge in [-0.05, 0) is 31.9 Å². The van der Waals surface area contributed by atoms with Crippen LogP contribution in [0.2, 0.25) is 0 Å². The Hall–Kier alpha value is -1.31. The van der Waals surface area contributed by atoms with Crippen LogP contribution in [0.4, 0.5) is 13.2 Å². The minimum Gasteiger partial charge on any atom is -0.375 e. The molecular weight excluding hydrogens is 345 g/mol. The van der Waals surface area contributed by atoms with Crippen molar-refractivity contribution in [3.05, 3.63) is 35.9 Å². The molecule has 1 saturated heterocycles. The number of carbonyl (C=O) groups is 1. The maximum Gasteiger partial charge on any atom is 0.423 e. The van der Waals surface area contributed by atoms with Gasteiger partial charge in [-0.2, -0.15) is 13.2 Å². The molecule has 1 amide bonds. The van der Waals surface area contributed by atoms with Crippen molar-refractivity contribution in [3.63, 3.8) is 0 Å². The van der Waals surface area contributed by atoms with E-state index in [4.69, 9.17) is 0 Å². The summed E-state index contributed by atoms with van der Waals surface area (Å²) >= 11 is 0. The summed E-state index contributed by atoms with van der Waals surface area (Å²) in [5.74, 6) is -0.781. The third-order valence-electron chi connectivity index (χ3n) is 4.23. The molecule has 1 heterocycles. The normalized spacial score (nSPS) is 23.7. The summed E-state index contributed by atoms with van der Waals surface area (Å²) in [6.45, 7) is 1.69. The van der Waals surface area contributed by atoms with Crippen LogP contribution in [-0.2, 0) is 10.4 Å². The lowest BCUT2D eigenvalue weighted by Gasteiger charge is -2.32. The fourth-order valence-corrected chi connectivity index (χ4v) is 2.81. The Bertz CT molecular complexity index is 542. The summed E-state index contributed by atoms with van der Waals surface area (Å²) in [4.78, 5) is 12.1. The van der Waals surface area contributed by atoms with E-state index in [-0.39, 0.29) is 29.9 Å². The summed E-state index contributed by atoms with van der Waals surface area (Å²) in [6.07, 6.45) is -3.74. The largest absolute Gasteiger partial charge is 0.423 e. The van der Waals surface area contributed by atoms with E-state index in [2.05, 4.69) is 10.6 Å². The Morgan fingerprint density at radius 3 is 2.50 bits per heavy atom. The maximum absolute atomic E-state index is 13.3. The number of alkyl halides is 3. The summed E-state index contributed by atoms with van der Waals surface area (Å²) < 4.78 is 40.0. The number of benzene rings is 1. The maximum atomic E-state index is 13.3. The molecule has 0 bridgehead atoms. The number of halogens is 4. The van der Waals surface area contributed by atoms with Gasteiger partial charge >= 0.3 is 6.18 Å². The van der Waals surface area contributed by atoms with E-state index in [1.165, 1.54) is 24.3 Å². The van der Waals surface area contributed by atoms with Crippen molar-refractivity contribution in [3.8, 4) is 0 Å². The first-order chi connectivity index (χ1) is 10.7. The number of amides is 1. The molecule has 1 aromatic rings. The van der Waals surface area contributed by atoms with Crippen LogP contribution < -0.4 is 10.6 Å². The van der Waals surface area contributed by atoms with E-state index in [0.717, 1.165) is 0 Å². The van der Waals surface area contributed by atoms with E-state index >= 15 is 0 Å². The fourth-order valence-electron chi connectivity index (χ4n) is 2.81. The van der Waals surface area contributed by atoms with Gasteiger partial charge in [0.15, 0.2) is 0 Å². The standard InChI is InChI=1S/C16H21F3N2O2.ClH/c1-11-9-12(7-8-20-11)14(22)21-10-15(23,16(17,18)19)13-5-3-2-4-6-13;/h2-6,11-12,20,23H,7-10H2,1H3,(H,21,22);1H/t11-,12-,15?;/m0./s1. The molecule has 0 radical (unpaired) electrons. The van der Waals surface area contributed by atoms with Crippen LogP contribution >= 0.6 is 12.4 Å². The molecule has 3 atom stereocenters. The number of hydrogen-bond donors (Lipinski definition) is 3. The fraction of sp³-hybridized carbons (Fsp3) is 0.562. The van der Waals surface area contributed by atoms with E-state index in [9.17, 15) is 23.1 Å². The first-order valence-corrected chi connectivity index (χ1v) is 7.60. The predicted molar refractivity (Wildman–Crippen MR) is 86.8 cm³/mol. The number of carbonyl (C=O) groups excluding carboxylic acids is 1. The van der Waals surface area contributed by atoms with Gasteiger partial charge in [0.1, 0.15) is 0 Å². The lowest BCUT2D eigenvalue weighted by atomic mass is 9.90. The molecule has 1 aromatic carbocycles. The van der Waals surface area contributed by atoms with Crippen molar-refractivity contribution >= 4 is 18.3 Å². The van der Waals surface area contributed by atoms with Gasteiger partial charge in [-0.25, -0.2) is 0 Å². The third-order valence-corrected chi connectivity index (χ3v) is 4.23. The molecular formula is C16H22ClF3N2O2. The minimum atomic E-state index is -4.89. The molecule has 0 aromatic heterocycles. The van der Waals surface area contributed by atoms with Crippen molar-refractivity contribution in [1.82, 2.24) is 10.6 Å². The Morgan fingerprint density at radius 1 is 1.33 bits per heavy atom. The third kappa shape index (κ3) is 4.62. The smallest absolute Gasteiger partial charge is 0.375 e. The van der Waals surface area contributed by atoms with E-state index in [0.29, 0.717) is 19.4 Å². The van der Waals surface area contributed by atoms with Crippen LogP contribution in [0.3, 0.4) is 0 Å². The molecule has 0 aliphatic carbocycles. The number of rotatable bonds is 4. The molecule has 24 heavy (non-hydrogen) atoms. The second-order valence-corrected chi connectivity index (χ2v) is 6.02. The van der Waals surface area contributed by atoms with Gasteiger partial charge in [0.25, 0.3) is 0 Å². The van der Waals surface area contributed by atoms with Gasteiger partial charge in [0.05, 0.1) is 6.54 Å². The van der Waals surface area contributed by atoms with Crippen LogP contribution in [0.15, 0.2) is 30.3 Å². The van der Waals surface area contributed by atoms with Crippen molar-refractivity contribution < 1.29 is 23.1 Å². The van der Waals surface area contributed by atoms with E-state index < -0.39 is 24.2 Å². The average Bonchev–Trinajstić information content (AvgIpc) is 2.52. The van der Waals surface area contributed by atoms with Crippen LogP contribution in [-0.4, -0.2) is 36.3 Å². The first-order valence-electron chi connectivity index (χ1n) is 7.60. The topological polar surface area (TPSA) is 61.4 Å².